The van der Waals surface area contributed by atoms with Crippen LogP contribution in [0.2, 0.25) is 5.02 Å². The molecule has 0 saturated heterocycles. The number of para-hydroxylation sites is 1. The Balaban J connectivity index is 2.68. The lowest BCUT2D eigenvalue weighted by molar-refractivity contribution is 0.857. The van der Waals surface area contributed by atoms with E-state index in [4.69, 9.17) is 11.6 Å². The Hall–Kier alpha value is -0.600. The molecule has 0 atom stereocenters. The van der Waals surface area contributed by atoms with E-state index in [1.807, 2.05) is 12.1 Å². The normalized spacial score (nSPS) is 11.4. The molecule has 0 aliphatic rings. The van der Waals surface area contributed by atoms with Crippen LogP contribution < -0.4 is 0 Å². The highest BCUT2D eigenvalue weighted by Gasteiger charge is 2.08. The SMILES string of the molecule is CC(C)c1nc2c(Cl)cccc2s1. The van der Waals surface area contributed by atoms with Gasteiger partial charge in [-0.2, -0.15) is 0 Å². The van der Waals surface area contributed by atoms with Crippen LogP contribution in [-0.2, 0) is 0 Å². The van der Waals surface area contributed by atoms with Crippen molar-refractivity contribution in [2.24, 2.45) is 0 Å². The number of nitrogens with zero attached hydrogens (tertiary/aromatic N) is 1. The van der Waals surface area contributed by atoms with E-state index in [0.717, 1.165) is 15.5 Å². The summed E-state index contributed by atoms with van der Waals surface area (Å²) in [5, 5.41) is 1.91. The first-order valence-electron chi connectivity index (χ1n) is 4.23. The van der Waals surface area contributed by atoms with Crippen molar-refractivity contribution in [2.45, 2.75) is 19.8 Å². The van der Waals surface area contributed by atoms with Gasteiger partial charge < -0.3 is 0 Å². The molecular formula is C10H10ClNS. The Bertz CT molecular complexity index is 433. The van der Waals surface area contributed by atoms with E-state index >= 15 is 0 Å². The number of hydrogen-bond donors (Lipinski definition) is 0. The Morgan fingerprint density at radius 1 is 1.38 bits per heavy atom. The lowest BCUT2D eigenvalue weighted by Gasteiger charge is -1.94. The average Bonchev–Trinajstić information content (AvgIpc) is 2.49. The first-order valence-corrected chi connectivity index (χ1v) is 5.43. The highest BCUT2D eigenvalue weighted by Crippen LogP contribution is 2.30. The first-order chi connectivity index (χ1) is 6.18. The number of halogens is 1. The maximum atomic E-state index is 6.02. The Kier molecular flexibility index (Phi) is 2.26. The predicted molar refractivity (Wildman–Crippen MR) is 58.7 cm³/mol. The van der Waals surface area contributed by atoms with Gasteiger partial charge in [0.25, 0.3) is 0 Å². The van der Waals surface area contributed by atoms with Gasteiger partial charge in [0.1, 0.15) is 5.52 Å². The fourth-order valence-electron chi connectivity index (χ4n) is 1.18. The molecule has 68 valence electrons. The summed E-state index contributed by atoms with van der Waals surface area (Å²) in [6.45, 7) is 4.29. The van der Waals surface area contributed by atoms with E-state index in [1.54, 1.807) is 11.3 Å². The lowest BCUT2D eigenvalue weighted by atomic mass is 10.2. The minimum atomic E-state index is 0.480. The van der Waals surface area contributed by atoms with Crippen LogP contribution >= 0.6 is 22.9 Å². The van der Waals surface area contributed by atoms with Crippen molar-refractivity contribution in [1.82, 2.24) is 4.98 Å². The zero-order valence-corrected chi connectivity index (χ0v) is 9.12. The smallest absolute Gasteiger partial charge is 0.100 e. The second kappa shape index (κ2) is 3.28. The first kappa shape index (κ1) is 8.97. The van der Waals surface area contributed by atoms with Gasteiger partial charge in [0.05, 0.1) is 14.7 Å². The zero-order chi connectivity index (χ0) is 9.42. The van der Waals surface area contributed by atoms with Crippen LogP contribution in [0.3, 0.4) is 0 Å². The van der Waals surface area contributed by atoms with Gasteiger partial charge in [-0.05, 0) is 12.1 Å². The summed E-state index contributed by atoms with van der Waals surface area (Å²) in [6, 6.07) is 5.91. The molecule has 1 aromatic heterocycles. The van der Waals surface area contributed by atoms with Crippen molar-refractivity contribution < 1.29 is 0 Å². The van der Waals surface area contributed by atoms with Gasteiger partial charge >= 0.3 is 0 Å². The molecule has 0 bridgehead atoms. The molecule has 2 rings (SSSR count). The molecule has 1 nitrogen and oxygen atoms in total. The fourth-order valence-corrected chi connectivity index (χ4v) is 2.45. The minimum absolute atomic E-state index is 0.480. The molecule has 1 aromatic carbocycles. The van der Waals surface area contributed by atoms with Crippen molar-refractivity contribution in [3.05, 3.63) is 28.2 Å². The summed E-state index contributed by atoms with van der Waals surface area (Å²) in [5.74, 6) is 0.480. The number of rotatable bonds is 1. The number of benzene rings is 1. The van der Waals surface area contributed by atoms with Crippen LogP contribution in [0.5, 0.6) is 0 Å². The van der Waals surface area contributed by atoms with Crippen LogP contribution in [0.4, 0.5) is 0 Å². The van der Waals surface area contributed by atoms with Crippen LogP contribution in [0.15, 0.2) is 18.2 Å². The standard InChI is InChI=1S/C10H10ClNS/c1-6(2)10-12-9-7(11)4-3-5-8(9)13-10/h3-6H,1-2H3. The van der Waals surface area contributed by atoms with Gasteiger partial charge in [-0.25, -0.2) is 4.98 Å². The molecule has 0 aliphatic heterocycles. The van der Waals surface area contributed by atoms with Gasteiger partial charge in [-0.1, -0.05) is 31.5 Å². The van der Waals surface area contributed by atoms with Crippen LogP contribution in [0.1, 0.15) is 24.8 Å². The minimum Gasteiger partial charge on any atom is -0.239 e. The van der Waals surface area contributed by atoms with Crippen molar-refractivity contribution in [1.29, 1.82) is 0 Å². The molecule has 0 saturated carbocycles. The second-order valence-electron chi connectivity index (χ2n) is 3.29. The Labute approximate surface area is 86.4 Å². The van der Waals surface area contributed by atoms with Gasteiger partial charge in [0, 0.05) is 5.92 Å². The number of thiazole rings is 1. The molecule has 0 spiro atoms. The summed E-state index contributed by atoms with van der Waals surface area (Å²) < 4.78 is 1.18. The summed E-state index contributed by atoms with van der Waals surface area (Å²) in [5.41, 5.74) is 0.942. The van der Waals surface area contributed by atoms with Crippen molar-refractivity contribution in [2.75, 3.05) is 0 Å². The maximum Gasteiger partial charge on any atom is 0.100 e. The molecular weight excluding hydrogens is 202 g/mol. The monoisotopic (exact) mass is 211 g/mol. The second-order valence-corrected chi connectivity index (χ2v) is 4.76. The van der Waals surface area contributed by atoms with Crippen molar-refractivity contribution in [3.8, 4) is 0 Å². The molecule has 3 heteroatoms. The largest absolute Gasteiger partial charge is 0.239 e. The van der Waals surface area contributed by atoms with Gasteiger partial charge in [-0.15, -0.1) is 11.3 Å². The molecule has 0 N–H and O–H groups in total. The quantitative estimate of drug-likeness (QED) is 0.693. The Morgan fingerprint density at radius 2 is 2.15 bits per heavy atom. The molecule has 0 unspecified atom stereocenters. The molecule has 0 fully saturated rings. The summed E-state index contributed by atoms with van der Waals surface area (Å²) in [6.07, 6.45) is 0. The lowest BCUT2D eigenvalue weighted by Crippen LogP contribution is -1.83. The third-order valence-electron chi connectivity index (χ3n) is 1.88. The molecule has 0 aliphatic carbocycles. The third kappa shape index (κ3) is 1.56. The van der Waals surface area contributed by atoms with Gasteiger partial charge in [-0.3, -0.25) is 0 Å². The molecule has 13 heavy (non-hydrogen) atoms. The highest BCUT2D eigenvalue weighted by molar-refractivity contribution is 7.18. The van der Waals surface area contributed by atoms with E-state index in [0.29, 0.717) is 5.92 Å². The topological polar surface area (TPSA) is 12.9 Å². The predicted octanol–water partition coefficient (Wildman–Crippen LogP) is 4.07. The van der Waals surface area contributed by atoms with E-state index in [9.17, 15) is 0 Å². The fraction of sp³-hybridized carbons (Fsp3) is 0.300. The van der Waals surface area contributed by atoms with Crippen molar-refractivity contribution >= 4 is 33.2 Å². The van der Waals surface area contributed by atoms with Gasteiger partial charge in [0.2, 0.25) is 0 Å². The number of hydrogen-bond acceptors (Lipinski definition) is 2. The van der Waals surface area contributed by atoms with Crippen LogP contribution in [-0.4, -0.2) is 4.98 Å². The summed E-state index contributed by atoms with van der Waals surface area (Å²) in [7, 11) is 0. The number of fused-ring (bicyclic) bond motifs is 1. The van der Waals surface area contributed by atoms with E-state index in [-0.39, 0.29) is 0 Å². The van der Waals surface area contributed by atoms with Crippen LogP contribution in [0.25, 0.3) is 10.2 Å². The molecule has 2 aromatic rings. The maximum absolute atomic E-state index is 6.02. The third-order valence-corrected chi connectivity index (χ3v) is 3.51. The summed E-state index contributed by atoms with van der Waals surface area (Å²) in [4.78, 5) is 4.50. The van der Waals surface area contributed by atoms with E-state index < -0.39 is 0 Å². The average molecular weight is 212 g/mol. The molecule has 0 radical (unpaired) electrons. The number of aromatic nitrogens is 1. The van der Waals surface area contributed by atoms with E-state index in [2.05, 4.69) is 24.9 Å². The molecule has 0 amide bonds. The van der Waals surface area contributed by atoms with E-state index in [1.165, 1.54) is 4.70 Å². The van der Waals surface area contributed by atoms with Crippen molar-refractivity contribution in [3.63, 3.8) is 0 Å². The summed E-state index contributed by atoms with van der Waals surface area (Å²) >= 11 is 7.74. The van der Waals surface area contributed by atoms with Gasteiger partial charge in [0.15, 0.2) is 0 Å². The highest BCUT2D eigenvalue weighted by atomic mass is 35.5. The zero-order valence-electron chi connectivity index (χ0n) is 7.54. The van der Waals surface area contributed by atoms with Crippen LogP contribution in [0, 0.1) is 0 Å². The Morgan fingerprint density at radius 3 is 2.77 bits per heavy atom. The molecule has 1 heterocycles.